The average Bonchev–Trinajstić information content (AvgIpc) is 3.02. The standard InChI is InChI=1S/C22H30N4O3/c1-3-4-5-26-16-12-25(2)24-18(16)19(27)17(21(26)29)20(28)23-22-9-13-6-14(10-22)8-15(7-13)11-22/h12-15,27H,3-11H2,1-2H3,(H,23,28). The van der Waals surface area contributed by atoms with E-state index in [-0.39, 0.29) is 16.9 Å². The molecule has 156 valence electrons. The summed E-state index contributed by atoms with van der Waals surface area (Å²) in [7, 11) is 1.75. The molecule has 0 radical (unpaired) electrons. The number of carbonyl (C=O) groups excluding carboxylic acids is 1. The molecule has 0 atom stereocenters. The van der Waals surface area contributed by atoms with Gasteiger partial charge in [0, 0.05) is 25.3 Å². The number of unbranched alkanes of at least 4 members (excludes halogenated alkanes) is 1. The molecule has 29 heavy (non-hydrogen) atoms. The van der Waals surface area contributed by atoms with Gasteiger partial charge in [-0.05, 0) is 62.7 Å². The van der Waals surface area contributed by atoms with Gasteiger partial charge in [-0.25, -0.2) is 0 Å². The maximum atomic E-state index is 13.3. The highest BCUT2D eigenvalue weighted by Crippen LogP contribution is 2.55. The molecule has 0 aromatic carbocycles. The van der Waals surface area contributed by atoms with Gasteiger partial charge in [0.25, 0.3) is 11.5 Å². The molecule has 4 saturated carbocycles. The van der Waals surface area contributed by atoms with Crippen molar-refractivity contribution in [3.8, 4) is 5.75 Å². The lowest BCUT2D eigenvalue weighted by Gasteiger charge is -2.56. The lowest BCUT2D eigenvalue weighted by Crippen LogP contribution is -2.60. The topological polar surface area (TPSA) is 89.2 Å². The molecule has 4 bridgehead atoms. The van der Waals surface area contributed by atoms with Crippen LogP contribution in [0.1, 0.15) is 68.6 Å². The SMILES string of the molecule is CCCCn1c(=O)c(C(=O)NC23CC4CC(CC(C4)C2)C3)c(O)c2nn(C)cc21. The fourth-order valence-electron chi connectivity index (χ4n) is 6.62. The Labute approximate surface area is 170 Å². The Morgan fingerprint density at radius 1 is 1.24 bits per heavy atom. The van der Waals surface area contributed by atoms with Crippen LogP contribution in [0.5, 0.6) is 5.75 Å². The van der Waals surface area contributed by atoms with Crippen LogP contribution in [0.25, 0.3) is 11.0 Å². The Morgan fingerprint density at radius 2 is 1.86 bits per heavy atom. The Morgan fingerprint density at radius 3 is 2.45 bits per heavy atom. The number of pyridine rings is 1. The minimum absolute atomic E-state index is 0.150. The van der Waals surface area contributed by atoms with Gasteiger partial charge in [0.2, 0.25) is 0 Å². The molecule has 2 aromatic heterocycles. The van der Waals surface area contributed by atoms with Crippen LogP contribution in [0.15, 0.2) is 11.0 Å². The van der Waals surface area contributed by atoms with Crippen molar-refractivity contribution in [2.24, 2.45) is 24.8 Å². The molecule has 6 rings (SSSR count). The molecule has 4 aliphatic carbocycles. The van der Waals surface area contributed by atoms with E-state index in [1.807, 2.05) is 0 Å². The molecule has 2 aromatic rings. The van der Waals surface area contributed by atoms with Gasteiger partial charge in [0.1, 0.15) is 5.56 Å². The highest BCUT2D eigenvalue weighted by molar-refractivity contribution is 6.01. The number of rotatable bonds is 5. The van der Waals surface area contributed by atoms with Crippen molar-refractivity contribution in [1.82, 2.24) is 19.7 Å². The van der Waals surface area contributed by atoms with Crippen LogP contribution in [-0.4, -0.2) is 30.9 Å². The van der Waals surface area contributed by atoms with E-state index in [1.54, 1.807) is 22.5 Å². The molecule has 4 aliphatic rings. The van der Waals surface area contributed by atoms with Gasteiger partial charge in [0.05, 0.1) is 5.52 Å². The summed E-state index contributed by atoms with van der Waals surface area (Å²) < 4.78 is 3.17. The van der Waals surface area contributed by atoms with Crippen molar-refractivity contribution in [2.75, 3.05) is 0 Å². The number of carbonyl (C=O) groups is 1. The quantitative estimate of drug-likeness (QED) is 0.810. The van der Waals surface area contributed by atoms with Gasteiger partial charge in [-0.2, -0.15) is 5.10 Å². The number of fused-ring (bicyclic) bond motifs is 1. The normalized spacial score (nSPS) is 30.2. The van der Waals surface area contributed by atoms with E-state index in [2.05, 4.69) is 17.3 Å². The summed E-state index contributed by atoms with van der Waals surface area (Å²) in [5, 5.41) is 18.4. The maximum absolute atomic E-state index is 13.3. The van der Waals surface area contributed by atoms with Gasteiger partial charge in [-0.15, -0.1) is 0 Å². The zero-order valence-corrected chi connectivity index (χ0v) is 17.3. The Bertz CT molecular complexity index is 1000. The van der Waals surface area contributed by atoms with E-state index in [9.17, 15) is 14.7 Å². The molecule has 7 heteroatoms. The third-order valence-corrected chi connectivity index (χ3v) is 7.40. The molecular formula is C22H30N4O3. The van der Waals surface area contributed by atoms with Gasteiger partial charge < -0.3 is 15.0 Å². The minimum Gasteiger partial charge on any atom is -0.505 e. The van der Waals surface area contributed by atoms with E-state index in [4.69, 9.17) is 0 Å². The second kappa shape index (κ2) is 6.61. The first-order valence-electron chi connectivity index (χ1n) is 11.0. The van der Waals surface area contributed by atoms with Crippen molar-refractivity contribution in [3.63, 3.8) is 0 Å². The van der Waals surface area contributed by atoms with Gasteiger partial charge >= 0.3 is 0 Å². The van der Waals surface area contributed by atoms with Crippen LogP contribution in [-0.2, 0) is 13.6 Å². The highest BCUT2D eigenvalue weighted by atomic mass is 16.3. The predicted molar refractivity (Wildman–Crippen MR) is 110 cm³/mol. The second-order valence-electron chi connectivity index (χ2n) is 9.72. The number of amides is 1. The van der Waals surface area contributed by atoms with Crippen LogP contribution in [0, 0.1) is 17.8 Å². The zero-order chi connectivity index (χ0) is 20.3. The zero-order valence-electron chi connectivity index (χ0n) is 17.3. The molecule has 0 saturated heterocycles. The number of aromatic hydroxyl groups is 1. The van der Waals surface area contributed by atoms with Crippen LogP contribution in [0.2, 0.25) is 0 Å². The summed E-state index contributed by atoms with van der Waals surface area (Å²) in [6.07, 6.45) is 10.3. The lowest BCUT2D eigenvalue weighted by molar-refractivity contribution is -0.0167. The highest BCUT2D eigenvalue weighted by Gasteiger charge is 2.51. The van der Waals surface area contributed by atoms with Gasteiger partial charge in [0.15, 0.2) is 11.3 Å². The summed E-state index contributed by atoms with van der Waals surface area (Å²) in [4.78, 5) is 26.6. The molecule has 4 fully saturated rings. The van der Waals surface area contributed by atoms with Crippen molar-refractivity contribution < 1.29 is 9.90 Å². The fraction of sp³-hybridized carbons (Fsp3) is 0.682. The van der Waals surface area contributed by atoms with Gasteiger partial charge in [-0.3, -0.25) is 14.3 Å². The molecule has 2 heterocycles. The van der Waals surface area contributed by atoms with E-state index in [0.717, 1.165) is 32.1 Å². The number of hydrogen-bond donors (Lipinski definition) is 2. The molecule has 0 aliphatic heterocycles. The third-order valence-electron chi connectivity index (χ3n) is 7.40. The number of aromatic nitrogens is 3. The predicted octanol–water partition coefficient (Wildman–Crippen LogP) is 2.94. The maximum Gasteiger partial charge on any atom is 0.267 e. The minimum atomic E-state index is -0.438. The van der Waals surface area contributed by atoms with Crippen LogP contribution in [0.3, 0.4) is 0 Å². The molecule has 0 spiro atoms. The van der Waals surface area contributed by atoms with E-state index in [1.165, 1.54) is 19.3 Å². The van der Waals surface area contributed by atoms with Crippen LogP contribution < -0.4 is 10.9 Å². The Kier molecular flexibility index (Phi) is 4.26. The summed E-state index contributed by atoms with van der Waals surface area (Å²) in [6, 6.07) is 0. The van der Waals surface area contributed by atoms with Gasteiger partial charge in [-0.1, -0.05) is 13.3 Å². The summed E-state index contributed by atoms with van der Waals surface area (Å²) in [6.45, 7) is 2.57. The van der Waals surface area contributed by atoms with Crippen molar-refractivity contribution in [3.05, 3.63) is 22.1 Å². The summed E-state index contributed by atoms with van der Waals surface area (Å²) in [5.41, 5.74) is 0.119. The number of hydrogen-bond acceptors (Lipinski definition) is 4. The largest absolute Gasteiger partial charge is 0.505 e. The number of nitrogens with zero attached hydrogens (tertiary/aromatic N) is 3. The lowest BCUT2D eigenvalue weighted by atomic mass is 9.53. The second-order valence-corrected chi connectivity index (χ2v) is 9.72. The first-order valence-corrected chi connectivity index (χ1v) is 11.0. The monoisotopic (exact) mass is 398 g/mol. The molecule has 0 unspecified atom stereocenters. The molecule has 7 nitrogen and oxygen atoms in total. The summed E-state index contributed by atoms with van der Waals surface area (Å²) >= 11 is 0. The number of aryl methyl sites for hydroxylation is 2. The van der Waals surface area contributed by atoms with Crippen molar-refractivity contribution in [1.29, 1.82) is 0 Å². The Hall–Kier alpha value is -2.31. The van der Waals surface area contributed by atoms with E-state index >= 15 is 0 Å². The Balaban J connectivity index is 1.54. The molecular weight excluding hydrogens is 368 g/mol. The van der Waals surface area contributed by atoms with Crippen molar-refractivity contribution >= 4 is 16.9 Å². The first kappa shape index (κ1) is 18.7. The van der Waals surface area contributed by atoms with E-state index < -0.39 is 11.5 Å². The fourth-order valence-corrected chi connectivity index (χ4v) is 6.62. The van der Waals surface area contributed by atoms with Crippen LogP contribution in [0.4, 0.5) is 0 Å². The van der Waals surface area contributed by atoms with Crippen LogP contribution >= 0.6 is 0 Å². The molecule has 1 amide bonds. The van der Waals surface area contributed by atoms with Crippen molar-refractivity contribution in [2.45, 2.75) is 70.4 Å². The smallest absolute Gasteiger partial charge is 0.267 e. The first-order chi connectivity index (χ1) is 13.9. The summed E-state index contributed by atoms with van der Waals surface area (Å²) in [5.74, 6) is 1.34. The third kappa shape index (κ3) is 2.97. The van der Waals surface area contributed by atoms with E-state index in [0.29, 0.717) is 35.3 Å². The molecule has 2 N–H and O–H groups in total. The number of nitrogens with one attached hydrogen (secondary N) is 1. The average molecular weight is 399 g/mol.